The maximum Gasteiger partial charge on any atom is 0.159 e. The number of hydrogen-bond donors (Lipinski definition) is 1. The SMILES string of the molecule is CC(=O)c1ccc(NSc2sc3ccc(I)cc3c2C)cc1. The molecular weight excluding hydrogens is 425 g/mol. The highest BCUT2D eigenvalue weighted by molar-refractivity contribution is 14.1. The van der Waals surface area contributed by atoms with Gasteiger partial charge in [-0.15, -0.1) is 11.3 Å². The quantitative estimate of drug-likeness (QED) is 0.301. The van der Waals surface area contributed by atoms with Gasteiger partial charge in [0.25, 0.3) is 0 Å². The van der Waals surface area contributed by atoms with Gasteiger partial charge in [-0.2, -0.15) is 0 Å². The summed E-state index contributed by atoms with van der Waals surface area (Å²) in [6.45, 7) is 3.75. The van der Waals surface area contributed by atoms with Crippen LogP contribution in [-0.2, 0) is 0 Å². The van der Waals surface area contributed by atoms with Crippen molar-refractivity contribution in [2.45, 2.75) is 18.1 Å². The topological polar surface area (TPSA) is 29.1 Å². The number of ketones is 1. The minimum Gasteiger partial charge on any atom is -0.325 e. The highest BCUT2D eigenvalue weighted by Gasteiger charge is 2.09. The summed E-state index contributed by atoms with van der Waals surface area (Å²) in [6.07, 6.45) is 0. The summed E-state index contributed by atoms with van der Waals surface area (Å²) in [6, 6.07) is 14.1. The van der Waals surface area contributed by atoms with Gasteiger partial charge in [0, 0.05) is 19.5 Å². The molecule has 0 saturated carbocycles. The van der Waals surface area contributed by atoms with Gasteiger partial charge in [0.2, 0.25) is 0 Å². The first-order valence-electron chi connectivity index (χ1n) is 6.77. The van der Waals surface area contributed by atoms with Crippen LogP contribution in [0.1, 0.15) is 22.8 Å². The first-order chi connectivity index (χ1) is 10.5. The molecule has 0 aliphatic carbocycles. The Kier molecular flexibility index (Phi) is 4.75. The Hall–Kier alpha value is -1.05. The number of hydrogen-bond acceptors (Lipinski definition) is 4. The lowest BCUT2D eigenvalue weighted by molar-refractivity contribution is 0.101. The summed E-state index contributed by atoms with van der Waals surface area (Å²) >= 11 is 5.78. The molecule has 2 aromatic carbocycles. The highest BCUT2D eigenvalue weighted by atomic mass is 127. The van der Waals surface area contributed by atoms with E-state index in [1.807, 2.05) is 24.3 Å². The zero-order chi connectivity index (χ0) is 15.7. The van der Waals surface area contributed by atoms with Crippen LogP contribution < -0.4 is 4.72 Å². The molecule has 0 amide bonds. The van der Waals surface area contributed by atoms with Gasteiger partial charge < -0.3 is 4.72 Å². The monoisotopic (exact) mass is 439 g/mol. The highest BCUT2D eigenvalue weighted by Crippen LogP contribution is 2.38. The lowest BCUT2D eigenvalue weighted by Gasteiger charge is -2.05. The van der Waals surface area contributed by atoms with Crippen molar-refractivity contribution < 1.29 is 4.79 Å². The van der Waals surface area contributed by atoms with E-state index in [1.165, 1.54) is 23.4 Å². The Bertz CT molecular complexity index is 840. The summed E-state index contributed by atoms with van der Waals surface area (Å²) in [5.41, 5.74) is 3.06. The van der Waals surface area contributed by atoms with Crippen molar-refractivity contribution in [2.75, 3.05) is 4.72 Å². The average Bonchev–Trinajstić information content (AvgIpc) is 2.82. The van der Waals surface area contributed by atoms with Gasteiger partial charge in [0.15, 0.2) is 5.78 Å². The van der Waals surface area contributed by atoms with Crippen molar-refractivity contribution in [1.82, 2.24) is 0 Å². The fraction of sp³-hybridized carbons (Fsp3) is 0.118. The molecule has 5 heteroatoms. The number of aryl methyl sites for hydroxylation is 1. The average molecular weight is 439 g/mol. The van der Waals surface area contributed by atoms with Crippen molar-refractivity contribution in [2.24, 2.45) is 0 Å². The van der Waals surface area contributed by atoms with Gasteiger partial charge in [-0.25, -0.2) is 0 Å². The summed E-state index contributed by atoms with van der Waals surface area (Å²) < 4.78 is 7.20. The molecule has 3 aromatic rings. The Labute approximate surface area is 151 Å². The molecule has 0 saturated heterocycles. The van der Waals surface area contributed by atoms with Crippen LogP contribution in [0.25, 0.3) is 10.1 Å². The Morgan fingerprint density at radius 1 is 1.18 bits per heavy atom. The normalized spacial score (nSPS) is 10.9. The number of carbonyl (C=O) groups is 1. The predicted molar refractivity (Wildman–Crippen MR) is 105 cm³/mol. The maximum absolute atomic E-state index is 11.3. The fourth-order valence-electron chi connectivity index (χ4n) is 2.15. The molecule has 0 aliphatic heterocycles. The fourth-order valence-corrected chi connectivity index (χ4v) is 4.73. The zero-order valence-electron chi connectivity index (χ0n) is 12.1. The van der Waals surface area contributed by atoms with Crippen LogP contribution >= 0.6 is 45.9 Å². The second kappa shape index (κ2) is 6.60. The first kappa shape index (κ1) is 15.8. The Balaban J connectivity index is 1.79. The summed E-state index contributed by atoms with van der Waals surface area (Å²) in [7, 11) is 0. The Morgan fingerprint density at radius 2 is 1.91 bits per heavy atom. The van der Waals surface area contributed by atoms with E-state index in [9.17, 15) is 4.79 Å². The van der Waals surface area contributed by atoms with Crippen molar-refractivity contribution in [1.29, 1.82) is 0 Å². The molecule has 1 aromatic heterocycles. The predicted octanol–water partition coefficient (Wildman–Crippen LogP) is 6.14. The van der Waals surface area contributed by atoms with E-state index >= 15 is 0 Å². The van der Waals surface area contributed by atoms with E-state index in [2.05, 4.69) is 52.4 Å². The first-order valence-corrected chi connectivity index (χ1v) is 9.48. The van der Waals surface area contributed by atoms with Crippen LogP contribution in [0.15, 0.2) is 46.7 Å². The molecule has 0 spiro atoms. The molecule has 0 aliphatic rings. The van der Waals surface area contributed by atoms with Crippen LogP contribution in [0, 0.1) is 10.5 Å². The maximum atomic E-state index is 11.3. The van der Waals surface area contributed by atoms with E-state index in [1.54, 1.807) is 30.2 Å². The molecule has 112 valence electrons. The van der Waals surface area contributed by atoms with E-state index in [4.69, 9.17) is 0 Å². The number of anilines is 1. The summed E-state index contributed by atoms with van der Waals surface area (Å²) in [5.74, 6) is 0.0918. The number of fused-ring (bicyclic) bond motifs is 1. The summed E-state index contributed by atoms with van der Waals surface area (Å²) in [4.78, 5) is 11.3. The number of nitrogens with one attached hydrogen (secondary N) is 1. The van der Waals surface area contributed by atoms with Crippen molar-refractivity contribution >= 4 is 67.4 Å². The van der Waals surface area contributed by atoms with Crippen molar-refractivity contribution in [3.63, 3.8) is 0 Å². The third-order valence-electron chi connectivity index (χ3n) is 3.41. The van der Waals surface area contributed by atoms with Crippen LogP contribution in [0.2, 0.25) is 0 Å². The summed E-state index contributed by atoms with van der Waals surface area (Å²) in [5, 5.41) is 1.33. The van der Waals surface area contributed by atoms with Crippen LogP contribution in [-0.4, -0.2) is 5.78 Å². The third-order valence-corrected chi connectivity index (χ3v) is 6.48. The smallest absolute Gasteiger partial charge is 0.159 e. The molecule has 1 heterocycles. The molecule has 3 rings (SSSR count). The number of carbonyl (C=O) groups excluding carboxylic acids is 1. The second-order valence-corrected chi connectivity index (χ2v) is 8.37. The number of rotatable bonds is 4. The molecule has 1 N–H and O–H groups in total. The van der Waals surface area contributed by atoms with Crippen molar-refractivity contribution in [3.8, 4) is 0 Å². The van der Waals surface area contributed by atoms with E-state index in [-0.39, 0.29) is 5.78 Å². The molecule has 0 atom stereocenters. The third kappa shape index (κ3) is 3.31. The van der Waals surface area contributed by atoms with Gasteiger partial charge in [-0.3, -0.25) is 4.79 Å². The van der Waals surface area contributed by atoms with Gasteiger partial charge >= 0.3 is 0 Å². The molecule has 0 unspecified atom stereocenters. The largest absolute Gasteiger partial charge is 0.325 e. The molecule has 0 radical (unpaired) electrons. The lowest BCUT2D eigenvalue weighted by atomic mass is 10.1. The molecule has 0 bridgehead atoms. The minimum absolute atomic E-state index is 0.0918. The Morgan fingerprint density at radius 3 is 2.59 bits per heavy atom. The molecule has 0 fully saturated rings. The van der Waals surface area contributed by atoms with E-state index in [0.717, 1.165) is 11.3 Å². The minimum atomic E-state index is 0.0918. The molecule has 2 nitrogen and oxygen atoms in total. The molecule has 22 heavy (non-hydrogen) atoms. The lowest BCUT2D eigenvalue weighted by Crippen LogP contribution is -1.92. The van der Waals surface area contributed by atoms with Crippen LogP contribution in [0.5, 0.6) is 0 Å². The van der Waals surface area contributed by atoms with Gasteiger partial charge in [0.1, 0.15) is 0 Å². The van der Waals surface area contributed by atoms with Crippen molar-refractivity contribution in [3.05, 3.63) is 57.2 Å². The van der Waals surface area contributed by atoms with Crippen LogP contribution in [0.3, 0.4) is 0 Å². The second-order valence-electron chi connectivity index (χ2n) is 4.99. The van der Waals surface area contributed by atoms with E-state index in [0.29, 0.717) is 0 Å². The number of halogens is 1. The molecular formula is C17H14INOS2. The standard InChI is InChI=1S/C17H14INOS2/c1-10-15-9-13(18)5-8-16(15)21-17(10)22-19-14-6-3-12(4-7-14)11(2)20/h3-9,19H,1-2H3. The van der Waals surface area contributed by atoms with Gasteiger partial charge in [-0.1, -0.05) is 0 Å². The number of benzene rings is 2. The zero-order valence-corrected chi connectivity index (χ0v) is 15.9. The van der Waals surface area contributed by atoms with Crippen LogP contribution in [0.4, 0.5) is 5.69 Å². The number of thiophene rings is 1. The number of Topliss-reactive ketones (excluding diaryl/α,β-unsaturated/α-hetero) is 1. The van der Waals surface area contributed by atoms with E-state index < -0.39 is 0 Å². The van der Waals surface area contributed by atoms with Gasteiger partial charge in [0.05, 0.1) is 4.21 Å². The van der Waals surface area contributed by atoms with Gasteiger partial charge in [-0.05, 0) is 102 Å².